The van der Waals surface area contributed by atoms with Crippen LogP contribution in [0.25, 0.3) is 0 Å². The minimum absolute atomic E-state index is 0.0858. The third-order valence-electron chi connectivity index (χ3n) is 4.45. The van der Waals surface area contributed by atoms with Gasteiger partial charge in [0.05, 0.1) is 10.8 Å². The monoisotopic (exact) mass is 430 g/mol. The van der Waals surface area contributed by atoms with Crippen LogP contribution in [0.5, 0.6) is 5.75 Å². The van der Waals surface area contributed by atoms with Crippen molar-refractivity contribution in [2.24, 2.45) is 7.05 Å². The van der Waals surface area contributed by atoms with Gasteiger partial charge in [-0.15, -0.1) is 10.2 Å². The first kappa shape index (κ1) is 21.2. The van der Waals surface area contributed by atoms with E-state index in [4.69, 9.17) is 16.3 Å². The van der Waals surface area contributed by atoms with E-state index in [1.54, 1.807) is 6.07 Å². The molecule has 3 rings (SSSR count). The Labute approximate surface area is 179 Å². The Morgan fingerprint density at radius 3 is 2.55 bits per heavy atom. The Kier molecular flexibility index (Phi) is 6.82. The van der Waals surface area contributed by atoms with Crippen LogP contribution >= 0.6 is 23.4 Å². The van der Waals surface area contributed by atoms with Gasteiger partial charge in [-0.1, -0.05) is 53.7 Å². The van der Waals surface area contributed by atoms with Gasteiger partial charge in [0.15, 0.2) is 17.1 Å². The van der Waals surface area contributed by atoms with Crippen molar-refractivity contribution in [3.8, 4) is 5.75 Å². The minimum atomic E-state index is -0.342. The number of amides is 1. The fourth-order valence-corrected chi connectivity index (χ4v) is 3.80. The molecular formula is C21H23ClN4O2S. The smallest absolute Gasteiger partial charge is 0.234 e. The summed E-state index contributed by atoms with van der Waals surface area (Å²) in [6.07, 6.45) is -0.342. The van der Waals surface area contributed by atoms with Crippen LogP contribution in [0.3, 0.4) is 0 Å². The van der Waals surface area contributed by atoms with Crippen molar-refractivity contribution in [1.82, 2.24) is 14.8 Å². The molecule has 0 bridgehead atoms. The average molecular weight is 431 g/mol. The zero-order chi connectivity index (χ0) is 21.0. The van der Waals surface area contributed by atoms with Gasteiger partial charge in [0.1, 0.15) is 5.75 Å². The first-order valence-corrected chi connectivity index (χ1v) is 10.5. The quantitative estimate of drug-likeness (QED) is 0.536. The maximum absolute atomic E-state index is 12.4. The Morgan fingerprint density at radius 1 is 1.17 bits per heavy atom. The number of hydrogen-bond acceptors (Lipinski definition) is 5. The van der Waals surface area contributed by atoms with Crippen molar-refractivity contribution < 1.29 is 9.53 Å². The molecule has 0 saturated heterocycles. The molecule has 0 aliphatic carbocycles. The number of aryl methyl sites for hydroxylation is 2. The lowest BCUT2D eigenvalue weighted by molar-refractivity contribution is -0.113. The van der Waals surface area contributed by atoms with Gasteiger partial charge in [-0.25, -0.2) is 0 Å². The van der Waals surface area contributed by atoms with E-state index in [0.29, 0.717) is 21.8 Å². The molecule has 0 radical (unpaired) electrons. The molecule has 1 atom stereocenters. The molecule has 0 fully saturated rings. The molecule has 1 N–H and O–H groups in total. The van der Waals surface area contributed by atoms with E-state index in [1.807, 2.05) is 68.8 Å². The van der Waals surface area contributed by atoms with Crippen LogP contribution in [-0.4, -0.2) is 26.4 Å². The topological polar surface area (TPSA) is 69.0 Å². The number of ether oxygens (including phenoxy) is 1. The summed E-state index contributed by atoms with van der Waals surface area (Å²) in [6.45, 7) is 5.84. The van der Waals surface area contributed by atoms with E-state index >= 15 is 0 Å². The first-order chi connectivity index (χ1) is 13.9. The second-order valence-electron chi connectivity index (χ2n) is 6.69. The highest BCUT2D eigenvalue weighted by Gasteiger charge is 2.19. The Balaban J connectivity index is 1.62. The fourth-order valence-electron chi connectivity index (χ4n) is 2.91. The van der Waals surface area contributed by atoms with Gasteiger partial charge in [0.2, 0.25) is 5.91 Å². The van der Waals surface area contributed by atoms with E-state index in [0.717, 1.165) is 16.8 Å². The highest BCUT2D eigenvalue weighted by Crippen LogP contribution is 2.29. The van der Waals surface area contributed by atoms with Gasteiger partial charge in [-0.2, -0.15) is 0 Å². The molecule has 0 aliphatic heterocycles. The first-order valence-electron chi connectivity index (χ1n) is 9.16. The molecule has 2 aromatic carbocycles. The van der Waals surface area contributed by atoms with Crippen LogP contribution < -0.4 is 10.1 Å². The number of rotatable bonds is 7. The van der Waals surface area contributed by atoms with Crippen LogP contribution in [0.2, 0.25) is 5.02 Å². The lowest BCUT2D eigenvalue weighted by atomic mass is 10.1. The van der Waals surface area contributed by atoms with Crippen LogP contribution in [0.15, 0.2) is 47.6 Å². The van der Waals surface area contributed by atoms with Crippen molar-refractivity contribution >= 4 is 35.0 Å². The second kappa shape index (κ2) is 9.33. The van der Waals surface area contributed by atoms with E-state index in [-0.39, 0.29) is 17.8 Å². The molecule has 0 unspecified atom stereocenters. The summed E-state index contributed by atoms with van der Waals surface area (Å²) in [5.74, 6) is 1.39. The number of thioether (sulfide) groups is 1. The fraction of sp³-hybridized carbons (Fsp3) is 0.286. The predicted molar refractivity (Wildman–Crippen MR) is 117 cm³/mol. The highest BCUT2D eigenvalue weighted by atomic mass is 35.5. The van der Waals surface area contributed by atoms with Crippen molar-refractivity contribution in [2.75, 3.05) is 11.1 Å². The number of carbonyl (C=O) groups is 1. The number of carbonyl (C=O) groups excluding carboxylic acids is 1. The number of aromatic nitrogens is 3. The Morgan fingerprint density at radius 2 is 1.86 bits per heavy atom. The normalized spacial score (nSPS) is 11.9. The van der Waals surface area contributed by atoms with Crippen molar-refractivity contribution in [2.45, 2.75) is 32.0 Å². The minimum Gasteiger partial charge on any atom is -0.481 e. The van der Waals surface area contributed by atoms with Crippen LogP contribution in [-0.2, 0) is 11.8 Å². The molecule has 0 saturated carbocycles. The van der Waals surface area contributed by atoms with Gasteiger partial charge in [0, 0.05) is 12.7 Å². The van der Waals surface area contributed by atoms with Crippen LogP contribution in [0, 0.1) is 13.8 Å². The van der Waals surface area contributed by atoms with Crippen LogP contribution in [0.4, 0.5) is 5.69 Å². The van der Waals surface area contributed by atoms with Gasteiger partial charge in [0.25, 0.3) is 0 Å². The number of para-hydroxylation sites is 2. The zero-order valence-electron chi connectivity index (χ0n) is 16.8. The van der Waals surface area contributed by atoms with E-state index in [2.05, 4.69) is 15.5 Å². The molecule has 1 amide bonds. The maximum Gasteiger partial charge on any atom is 0.234 e. The summed E-state index contributed by atoms with van der Waals surface area (Å²) >= 11 is 7.49. The Bertz CT molecular complexity index is 1000. The number of halogens is 1. The number of nitrogens with zero attached hydrogens (tertiary/aromatic N) is 3. The maximum atomic E-state index is 12.4. The molecule has 1 heterocycles. The van der Waals surface area contributed by atoms with Crippen molar-refractivity contribution in [3.63, 3.8) is 0 Å². The summed E-state index contributed by atoms with van der Waals surface area (Å²) in [5.41, 5.74) is 2.93. The third-order valence-corrected chi connectivity index (χ3v) is 5.78. The van der Waals surface area contributed by atoms with Crippen molar-refractivity contribution in [3.05, 3.63) is 64.4 Å². The molecule has 152 valence electrons. The number of hydrogen-bond donors (Lipinski definition) is 1. The SMILES string of the molecule is Cc1cccc(C)c1NC(=O)CSc1nnc([C@@H](C)Oc2ccccc2Cl)n1C. The molecule has 8 heteroatoms. The number of nitrogens with one attached hydrogen (secondary N) is 1. The highest BCUT2D eigenvalue weighted by molar-refractivity contribution is 7.99. The lowest BCUT2D eigenvalue weighted by Crippen LogP contribution is -2.16. The molecular weight excluding hydrogens is 408 g/mol. The molecule has 6 nitrogen and oxygen atoms in total. The molecule has 3 aromatic rings. The lowest BCUT2D eigenvalue weighted by Gasteiger charge is -2.15. The second-order valence-corrected chi connectivity index (χ2v) is 8.04. The van der Waals surface area contributed by atoms with E-state index in [9.17, 15) is 4.79 Å². The van der Waals surface area contributed by atoms with Gasteiger partial charge < -0.3 is 14.6 Å². The Hall–Kier alpha value is -2.51. The molecule has 0 aliphatic rings. The summed E-state index contributed by atoms with van der Waals surface area (Å²) in [6, 6.07) is 13.2. The summed E-state index contributed by atoms with van der Waals surface area (Å²) in [5, 5.41) is 12.6. The van der Waals surface area contributed by atoms with Gasteiger partial charge in [-0.3, -0.25) is 4.79 Å². The van der Waals surface area contributed by atoms with Crippen molar-refractivity contribution in [1.29, 1.82) is 0 Å². The van der Waals surface area contributed by atoms with Gasteiger partial charge >= 0.3 is 0 Å². The molecule has 29 heavy (non-hydrogen) atoms. The van der Waals surface area contributed by atoms with E-state index in [1.165, 1.54) is 11.8 Å². The largest absolute Gasteiger partial charge is 0.481 e. The molecule has 0 spiro atoms. The standard InChI is InChI=1S/C21H23ClN4O2S/c1-13-8-7-9-14(2)19(13)23-18(27)12-29-21-25-24-20(26(21)4)15(3)28-17-11-6-5-10-16(17)22/h5-11,15H,12H2,1-4H3,(H,23,27)/t15-/m1/s1. The third kappa shape index (κ3) is 5.10. The number of benzene rings is 2. The predicted octanol–water partition coefficient (Wildman–Crippen LogP) is 4.96. The average Bonchev–Trinajstić information content (AvgIpc) is 3.05. The summed E-state index contributed by atoms with van der Waals surface area (Å²) in [4.78, 5) is 12.4. The zero-order valence-corrected chi connectivity index (χ0v) is 18.3. The van der Waals surface area contributed by atoms with Crippen LogP contribution in [0.1, 0.15) is 30.0 Å². The van der Waals surface area contributed by atoms with Gasteiger partial charge in [-0.05, 0) is 44.0 Å². The summed E-state index contributed by atoms with van der Waals surface area (Å²) < 4.78 is 7.74. The van der Waals surface area contributed by atoms with E-state index < -0.39 is 0 Å². The molecule has 1 aromatic heterocycles. The summed E-state index contributed by atoms with van der Waals surface area (Å²) in [7, 11) is 1.85. The number of anilines is 1.